The van der Waals surface area contributed by atoms with E-state index in [1.807, 2.05) is 0 Å². The Hall–Kier alpha value is -2.34. The van der Waals surface area contributed by atoms with Gasteiger partial charge in [-0.25, -0.2) is 4.39 Å². The van der Waals surface area contributed by atoms with Gasteiger partial charge in [-0.2, -0.15) is 0 Å². The van der Waals surface area contributed by atoms with Crippen molar-refractivity contribution in [3.63, 3.8) is 0 Å². The highest BCUT2D eigenvalue weighted by atomic mass is 19.1. The van der Waals surface area contributed by atoms with Crippen LogP contribution in [0.5, 0.6) is 0 Å². The molecule has 1 aromatic carbocycles. The van der Waals surface area contributed by atoms with Gasteiger partial charge in [0.15, 0.2) is 0 Å². The molecule has 2 aliphatic rings. The number of amides is 1. The van der Waals surface area contributed by atoms with Gasteiger partial charge in [0.05, 0.1) is 17.2 Å². The maximum Gasteiger partial charge on any atom is 0.233 e. The van der Waals surface area contributed by atoms with Gasteiger partial charge in [-0.05, 0) is 25.3 Å². The van der Waals surface area contributed by atoms with Crippen molar-refractivity contribution in [3.8, 4) is 0 Å². The molecule has 1 N–H and O–H groups in total. The van der Waals surface area contributed by atoms with Crippen LogP contribution in [0.15, 0.2) is 42.9 Å². The van der Waals surface area contributed by atoms with Crippen LogP contribution in [0.1, 0.15) is 24.1 Å². The molecule has 2 fully saturated rings. The fourth-order valence-electron chi connectivity index (χ4n) is 3.80. The molecule has 4 rings (SSSR count). The molecule has 0 spiro atoms. The molecule has 0 radical (unpaired) electrons. The second-order valence-electron chi connectivity index (χ2n) is 7.00. The van der Waals surface area contributed by atoms with Crippen LogP contribution >= 0.6 is 0 Å². The normalized spacial score (nSPS) is 24.3. The van der Waals surface area contributed by atoms with Crippen molar-refractivity contribution in [1.82, 2.24) is 14.9 Å². The standard InChI is InChI=1S/C19H20FN3O2/c20-16-4-2-1-3-15(16)19(5-6-19)18(25)23-11-13(17(24)12-23)9-14-10-21-7-8-22-14/h1-4,7-8,10,13,17,24H,5-6,9,11-12H2/t13-,17-/m1/s1. The van der Waals surface area contributed by atoms with Crippen LogP contribution in [-0.2, 0) is 16.6 Å². The van der Waals surface area contributed by atoms with Crippen molar-refractivity contribution < 1.29 is 14.3 Å². The molecule has 130 valence electrons. The summed E-state index contributed by atoms with van der Waals surface area (Å²) in [5, 5.41) is 10.4. The van der Waals surface area contributed by atoms with Gasteiger partial charge in [0.1, 0.15) is 5.82 Å². The number of hydrogen-bond acceptors (Lipinski definition) is 4. The lowest BCUT2D eigenvalue weighted by molar-refractivity contribution is -0.133. The highest BCUT2D eigenvalue weighted by molar-refractivity contribution is 5.91. The topological polar surface area (TPSA) is 66.3 Å². The SMILES string of the molecule is O=C(N1C[C@@H](Cc2cnccn2)[C@H](O)C1)C1(c2ccccc2F)CC1. The summed E-state index contributed by atoms with van der Waals surface area (Å²) in [6.45, 7) is 0.757. The molecule has 1 aliphatic heterocycles. The van der Waals surface area contributed by atoms with E-state index in [0.29, 0.717) is 37.9 Å². The van der Waals surface area contributed by atoms with Gasteiger partial charge in [0.25, 0.3) is 0 Å². The fourth-order valence-corrected chi connectivity index (χ4v) is 3.80. The van der Waals surface area contributed by atoms with E-state index in [1.54, 1.807) is 41.7 Å². The number of benzene rings is 1. The van der Waals surface area contributed by atoms with E-state index < -0.39 is 11.5 Å². The molecule has 6 heteroatoms. The molecule has 0 bridgehead atoms. The molecular weight excluding hydrogens is 321 g/mol. The first-order chi connectivity index (χ1) is 12.1. The van der Waals surface area contributed by atoms with Crippen LogP contribution in [0, 0.1) is 11.7 Å². The van der Waals surface area contributed by atoms with Crippen molar-refractivity contribution in [3.05, 3.63) is 59.9 Å². The minimum absolute atomic E-state index is 0.0710. The van der Waals surface area contributed by atoms with Gasteiger partial charge < -0.3 is 10.0 Å². The predicted molar refractivity (Wildman–Crippen MR) is 89.1 cm³/mol. The van der Waals surface area contributed by atoms with Gasteiger partial charge >= 0.3 is 0 Å². The van der Waals surface area contributed by atoms with Crippen LogP contribution in [-0.4, -0.2) is 45.1 Å². The van der Waals surface area contributed by atoms with E-state index in [2.05, 4.69) is 9.97 Å². The number of aliphatic hydroxyl groups excluding tert-OH is 1. The maximum absolute atomic E-state index is 14.2. The average Bonchev–Trinajstić information content (AvgIpc) is 3.35. The first-order valence-electron chi connectivity index (χ1n) is 8.57. The molecule has 2 aromatic rings. The van der Waals surface area contributed by atoms with Gasteiger partial charge in [0, 0.05) is 43.2 Å². The third kappa shape index (κ3) is 2.91. The number of halogens is 1. The smallest absolute Gasteiger partial charge is 0.233 e. The number of β-amino-alcohol motifs (C(OH)–C–C–N with tert-alkyl or cyclic N) is 1. The number of carbonyl (C=O) groups is 1. The number of carbonyl (C=O) groups excluding carboxylic acids is 1. The maximum atomic E-state index is 14.2. The Morgan fingerprint density at radius 2 is 2.08 bits per heavy atom. The number of aromatic nitrogens is 2. The number of rotatable bonds is 4. The molecule has 1 aromatic heterocycles. The molecule has 1 amide bonds. The van der Waals surface area contributed by atoms with Crippen LogP contribution < -0.4 is 0 Å². The molecule has 0 unspecified atom stereocenters. The van der Waals surface area contributed by atoms with Gasteiger partial charge in [0.2, 0.25) is 5.91 Å². The second-order valence-corrected chi connectivity index (χ2v) is 7.00. The number of hydrogen-bond donors (Lipinski definition) is 1. The number of likely N-dealkylation sites (tertiary alicyclic amines) is 1. The largest absolute Gasteiger partial charge is 0.391 e. The summed E-state index contributed by atoms with van der Waals surface area (Å²) in [5.74, 6) is -0.473. The van der Waals surface area contributed by atoms with E-state index in [-0.39, 0.29) is 17.6 Å². The Morgan fingerprint density at radius 3 is 2.76 bits per heavy atom. The van der Waals surface area contributed by atoms with Crippen molar-refractivity contribution in [2.24, 2.45) is 5.92 Å². The molecule has 5 nitrogen and oxygen atoms in total. The van der Waals surface area contributed by atoms with Crippen molar-refractivity contribution in [2.45, 2.75) is 30.8 Å². The Bertz CT molecular complexity index is 779. The van der Waals surface area contributed by atoms with Crippen LogP contribution in [0.3, 0.4) is 0 Å². The van der Waals surface area contributed by atoms with Gasteiger partial charge in [-0.1, -0.05) is 18.2 Å². The number of nitrogens with zero attached hydrogens (tertiary/aromatic N) is 3. The lowest BCUT2D eigenvalue weighted by Gasteiger charge is -2.23. The first-order valence-corrected chi connectivity index (χ1v) is 8.57. The summed E-state index contributed by atoms with van der Waals surface area (Å²) in [6, 6.07) is 6.50. The molecule has 1 saturated carbocycles. The Morgan fingerprint density at radius 1 is 1.28 bits per heavy atom. The average molecular weight is 341 g/mol. The van der Waals surface area contributed by atoms with E-state index in [4.69, 9.17) is 0 Å². The van der Waals surface area contributed by atoms with E-state index in [1.165, 1.54) is 6.07 Å². The zero-order chi connectivity index (χ0) is 17.4. The van der Waals surface area contributed by atoms with Crippen molar-refractivity contribution >= 4 is 5.91 Å². The minimum atomic E-state index is -0.744. The molecule has 1 aliphatic carbocycles. The number of aliphatic hydroxyl groups is 1. The molecule has 1 saturated heterocycles. The Labute approximate surface area is 145 Å². The zero-order valence-corrected chi connectivity index (χ0v) is 13.8. The Kier molecular flexibility index (Phi) is 4.00. The quantitative estimate of drug-likeness (QED) is 0.919. The predicted octanol–water partition coefficient (Wildman–Crippen LogP) is 1.71. The van der Waals surface area contributed by atoms with Crippen LogP contribution in [0.2, 0.25) is 0 Å². The van der Waals surface area contributed by atoms with Crippen LogP contribution in [0.4, 0.5) is 4.39 Å². The molecule has 25 heavy (non-hydrogen) atoms. The Balaban J connectivity index is 1.49. The molecule has 2 heterocycles. The monoisotopic (exact) mass is 341 g/mol. The van der Waals surface area contributed by atoms with Gasteiger partial charge in [-0.3, -0.25) is 14.8 Å². The summed E-state index contributed by atoms with van der Waals surface area (Å²) in [6.07, 6.45) is 6.21. The first kappa shape index (κ1) is 16.1. The summed E-state index contributed by atoms with van der Waals surface area (Å²) >= 11 is 0. The van der Waals surface area contributed by atoms with Gasteiger partial charge in [-0.15, -0.1) is 0 Å². The highest BCUT2D eigenvalue weighted by Gasteiger charge is 2.55. The third-order valence-electron chi connectivity index (χ3n) is 5.33. The zero-order valence-electron chi connectivity index (χ0n) is 13.8. The highest BCUT2D eigenvalue weighted by Crippen LogP contribution is 2.51. The molecular formula is C19H20FN3O2. The summed E-state index contributed by atoms with van der Waals surface area (Å²) in [7, 11) is 0. The second kappa shape index (κ2) is 6.19. The summed E-state index contributed by atoms with van der Waals surface area (Å²) in [5.41, 5.74) is 0.537. The fraction of sp³-hybridized carbons (Fsp3) is 0.421. The van der Waals surface area contributed by atoms with E-state index in [9.17, 15) is 14.3 Å². The minimum Gasteiger partial charge on any atom is -0.391 e. The lowest BCUT2D eigenvalue weighted by atomic mass is 9.93. The van der Waals surface area contributed by atoms with Crippen LogP contribution in [0.25, 0.3) is 0 Å². The van der Waals surface area contributed by atoms with Crippen molar-refractivity contribution in [2.75, 3.05) is 13.1 Å². The summed E-state index contributed by atoms with van der Waals surface area (Å²) in [4.78, 5) is 23.0. The lowest BCUT2D eigenvalue weighted by Crippen LogP contribution is -2.38. The van der Waals surface area contributed by atoms with E-state index in [0.717, 1.165) is 5.69 Å². The summed E-state index contributed by atoms with van der Waals surface area (Å²) < 4.78 is 14.2. The molecule has 2 atom stereocenters. The van der Waals surface area contributed by atoms with E-state index >= 15 is 0 Å². The van der Waals surface area contributed by atoms with Crippen molar-refractivity contribution in [1.29, 1.82) is 0 Å². The third-order valence-corrected chi connectivity index (χ3v) is 5.33.